The summed E-state index contributed by atoms with van der Waals surface area (Å²) < 4.78 is 40.2. The van der Waals surface area contributed by atoms with Gasteiger partial charge in [-0.3, -0.25) is 24.2 Å². The molecule has 2 amide bonds. The number of fused-ring (bicyclic) bond motifs is 3. The summed E-state index contributed by atoms with van der Waals surface area (Å²) >= 11 is 9.32. The molecule has 2 heterocycles. The highest BCUT2D eigenvalue weighted by Crippen LogP contribution is 2.55. The number of pyridine rings is 1. The molecule has 4 unspecified atom stereocenters. The first-order valence-electron chi connectivity index (χ1n) is 12.8. The molecule has 1 aromatic carbocycles. The number of carbonyl (C=O) groups excluding carboxylic acids is 4. The van der Waals surface area contributed by atoms with E-state index in [-0.39, 0.29) is 45.0 Å². The molecular formula is C29H20BrClF3N3O5. The number of benzene rings is 1. The summed E-state index contributed by atoms with van der Waals surface area (Å²) in [5.41, 5.74) is 0.573. The average molecular weight is 663 g/mol. The maximum atomic E-state index is 14.0. The highest BCUT2D eigenvalue weighted by atomic mass is 79.9. The summed E-state index contributed by atoms with van der Waals surface area (Å²) in [6.45, 7) is 0. The molecule has 6 rings (SSSR count). The largest absolute Gasteiger partial charge is 0.508 e. The van der Waals surface area contributed by atoms with E-state index in [1.54, 1.807) is 12.1 Å². The number of hydrazine groups is 1. The Morgan fingerprint density at radius 2 is 1.74 bits per heavy atom. The summed E-state index contributed by atoms with van der Waals surface area (Å²) in [5, 5.41) is 11.4. The third kappa shape index (κ3) is 4.30. The van der Waals surface area contributed by atoms with Gasteiger partial charge in [0, 0.05) is 30.2 Å². The van der Waals surface area contributed by atoms with Crippen molar-refractivity contribution in [2.24, 2.45) is 17.8 Å². The molecule has 4 atom stereocenters. The molecule has 1 aliphatic heterocycles. The summed E-state index contributed by atoms with van der Waals surface area (Å²) in [6.07, 6.45) is -1.61. The molecular weight excluding hydrogens is 643 g/mol. The van der Waals surface area contributed by atoms with Crippen LogP contribution >= 0.6 is 27.5 Å². The molecule has 0 radical (unpaired) electrons. The number of anilines is 1. The second-order valence-corrected chi connectivity index (χ2v) is 11.8. The molecule has 8 nitrogen and oxygen atoms in total. The van der Waals surface area contributed by atoms with Gasteiger partial charge in [0.2, 0.25) is 0 Å². The van der Waals surface area contributed by atoms with Crippen molar-refractivity contribution in [3.05, 3.63) is 86.0 Å². The van der Waals surface area contributed by atoms with Gasteiger partial charge in [-0.1, -0.05) is 35.4 Å². The number of rotatable bonds is 3. The molecule has 1 fully saturated rings. The zero-order chi connectivity index (χ0) is 30.2. The van der Waals surface area contributed by atoms with Gasteiger partial charge >= 0.3 is 6.18 Å². The van der Waals surface area contributed by atoms with Crippen LogP contribution in [0.3, 0.4) is 0 Å². The lowest BCUT2D eigenvalue weighted by atomic mass is 9.59. The maximum Gasteiger partial charge on any atom is 0.433 e. The lowest BCUT2D eigenvalue weighted by molar-refractivity contribution is -0.141. The first-order valence-corrected chi connectivity index (χ1v) is 14.0. The van der Waals surface area contributed by atoms with Gasteiger partial charge in [0.25, 0.3) is 11.8 Å². The van der Waals surface area contributed by atoms with Crippen LogP contribution in [0, 0.1) is 17.8 Å². The van der Waals surface area contributed by atoms with Gasteiger partial charge in [0.1, 0.15) is 11.4 Å². The highest BCUT2D eigenvalue weighted by Gasteiger charge is 2.57. The van der Waals surface area contributed by atoms with Crippen LogP contribution in [0.4, 0.5) is 19.0 Å². The van der Waals surface area contributed by atoms with Crippen LogP contribution in [-0.4, -0.2) is 45.5 Å². The zero-order valence-corrected chi connectivity index (χ0v) is 24.0. The molecule has 2 aromatic rings. The van der Waals surface area contributed by atoms with Crippen LogP contribution in [0.1, 0.15) is 30.0 Å². The maximum absolute atomic E-state index is 14.0. The number of carbonyl (C=O) groups is 4. The molecule has 0 spiro atoms. The van der Waals surface area contributed by atoms with E-state index in [1.165, 1.54) is 25.3 Å². The number of halogens is 5. The minimum Gasteiger partial charge on any atom is -0.508 e. The van der Waals surface area contributed by atoms with Crippen LogP contribution in [-0.2, 0) is 25.4 Å². The number of aromatic nitrogens is 1. The number of phenolic OH excluding ortho intramolecular Hbond substituents is 1. The molecule has 4 aliphatic rings. The third-order valence-corrected chi connectivity index (χ3v) is 9.14. The van der Waals surface area contributed by atoms with E-state index in [4.69, 9.17) is 11.6 Å². The number of hydrogen-bond acceptors (Lipinski definition) is 7. The predicted molar refractivity (Wildman–Crippen MR) is 147 cm³/mol. The molecule has 0 saturated carbocycles. The minimum atomic E-state index is -4.78. The molecule has 1 aromatic heterocycles. The van der Waals surface area contributed by atoms with E-state index < -0.39 is 59.0 Å². The molecule has 13 heteroatoms. The summed E-state index contributed by atoms with van der Waals surface area (Å²) in [6, 6.07) is 7.88. The van der Waals surface area contributed by atoms with E-state index in [1.807, 2.05) is 6.08 Å². The smallest absolute Gasteiger partial charge is 0.433 e. The Bertz CT molecular complexity index is 1680. The number of ketones is 2. The van der Waals surface area contributed by atoms with Crippen molar-refractivity contribution in [3.63, 3.8) is 0 Å². The van der Waals surface area contributed by atoms with E-state index >= 15 is 0 Å². The minimum absolute atomic E-state index is 0.00352. The van der Waals surface area contributed by atoms with Crippen molar-refractivity contribution in [2.75, 3.05) is 12.1 Å². The monoisotopic (exact) mass is 661 g/mol. The molecule has 3 aliphatic carbocycles. The van der Waals surface area contributed by atoms with Gasteiger partial charge in [0.05, 0.1) is 21.3 Å². The molecule has 216 valence electrons. The van der Waals surface area contributed by atoms with E-state index in [0.717, 1.165) is 16.1 Å². The average Bonchev–Trinajstić information content (AvgIpc) is 3.20. The number of amides is 2. The second kappa shape index (κ2) is 9.91. The number of nitrogens with zero attached hydrogens (tertiary/aromatic N) is 3. The van der Waals surface area contributed by atoms with Crippen molar-refractivity contribution in [3.8, 4) is 5.75 Å². The number of imide groups is 1. The summed E-state index contributed by atoms with van der Waals surface area (Å²) in [4.78, 5) is 57.8. The number of phenols is 1. The number of hydrogen-bond donors (Lipinski definition) is 1. The lowest BCUT2D eigenvalue weighted by Crippen LogP contribution is -2.46. The van der Waals surface area contributed by atoms with Crippen LogP contribution in [0.2, 0.25) is 5.02 Å². The zero-order valence-electron chi connectivity index (χ0n) is 21.7. The topological polar surface area (TPSA) is 108 Å². The Hall–Kier alpha value is -3.77. The molecule has 1 N–H and O–H groups in total. The number of alkyl halides is 3. The first kappa shape index (κ1) is 28.4. The first-order chi connectivity index (χ1) is 19.8. The Balaban J connectivity index is 1.42. The number of allylic oxidation sites excluding steroid dienone is 6. The quantitative estimate of drug-likeness (QED) is 0.271. The van der Waals surface area contributed by atoms with Crippen molar-refractivity contribution in [2.45, 2.75) is 24.9 Å². The SMILES string of the molecule is CN(c1nc(C(F)(F)F)ccc1Cl)N1C(=O)C2CC=C3C(c4ccc(O)cc4)C4=C(CC3C2C1=O)C(=O)C(Br)=CC4=O. The molecule has 42 heavy (non-hydrogen) atoms. The van der Waals surface area contributed by atoms with Gasteiger partial charge in [-0.15, -0.1) is 0 Å². The predicted octanol–water partition coefficient (Wildman–Crippen LogP) is 5.27. The van der Waals surface area contributed by atoms with Gasteiger partial charge < -0.3 is 5.11 Å². The van der Waals surface area contributed by atoms with Crippen molar-refractivity contribution in [1.82, 2.24) is 9.99 Å². The van der Waals surface area contributed by atoms with Gasteiger partial charge in [-0.2, -0.15) is 18.2 Å². The van der Waals surface area contributed by atoms with Crippen molar-refractivity contribution >= 4 is 56.7 Å². The highest BCUT2D eigenvalue weighted by molar-refractivity contribution is 9.12. The van der Waals surface area contributed by atoms with Crippen LogP contribution in [0.5, 0.6) is 5.75 Å². The Morgan fingerprint density at radius 1 is 1.05 bits per heavy atom. The fraction of sp³-hybridized carbons (Fsp3) is 0.276. The Morgan fingerprint density at radius 3 is 2.40 bits per heavy atom. The summed E-state index contributed by atoms with van der Waals surface area (Å²) in [7, 11) is 1.24. The Labute approximate surface area is 250 Å². The molecule has 1 saturated heterocycles. The summed E-state index contributed by atoms with van der Waals surface area (Å²) in [5.74, 6) is -5.65. The van der Waals surface area contributed by atoms with Crippen LogP contribution < -0.4 is 5.01 Å². The normalized spacial score (nSPS) is 25.6. The van der Waals surface area contributed by atoms with Crippen molar-refractivity contribution < 1.29 is 37.5 Å². The van der Waals surface area contributed by atoms with E-state index in [2.05, 4.69) is 20.9 Å². The van der Waals surface area contributed by atoms with Crippen LogP contribution in [0.15, 0.2) is 69.8 Å². The number of aromatic hydroxyl groups is 1. The molecule has 0 bridgehead atoms. The Kier molecular flexibility index (Phi) is 6.69. The van der Waals surface area contributed by atoms with E-state index in [9.17, 15) is 37.5 Å². The van der Waals surface area contributed by atoms with Gasteiger partial charge in [0.15, 0.2) is 17.4 Å². The standard InChI is InChI=1S/C29H20BrClF3N3O5/c1-36(26-19(31)8-9-21(35-26)29(32,33)34)37-27(41)15-7-6-14-16(23(15)28(37)42)10-17-24(20(39)11-18(30)25(17)40)22(14)12-2-4-13(38)5-3-12/h2-6,8-9,11,15-16,22-23,38H,7,10H2,1H3. The second-order valence-electron chi connectivity index (χ2n) is 10.5. The van der Waals surface area contributed by atoms with Crippen molar-refractivity contribution in [1.29, 1.82) is 0 Å². The fourth-order valence-electron chi connectivity index (χ4n) is 6.44. The van der Waals surface area contributed by atoms with Gasteiger partial charge in [-0.05, 0) is 64.5 Å². The van der Waals surface area contributed by atoms with Crippen LogP contribution in [0.25, 0.3) is 0 Å². The van der Waals surface area contributed by atoms with Gasteiger partial charge in [-0.25, -0.2) is 4.98 Å². The number of Topliss-reactive ketones (excluding diaryl/α,β-unsaturated/α-hetero) is 1. The lowest BCUT2D eigenvalue weighted by Gasteiger charge is -2.42. The third-order valence-electron chi connectivity index (χ3n) is 8.26. The fourth-order valence-corrected chi connectivity index (χ4v) is 7.12. The van der Waals surface area contributed by atoms with E-state index in [0.29, 0.717) is 17.2 Å².